The first-order chi connectivity index (χ1) is 15.8. The van der Waals surface area contributed by atoms with E-state index in [1.807, 2.05) is 44.2 Å². The van der Waals surface area contributed by atoms with Crippen LogP contribution in [0, 0.1) is 5.92 Å². The second-order valence-electron chi connectivity index (χ2n) is 7.98. The summed E-state index contributed by atoms with van der Waals surface area (Å²) >= 11 is 0. The lowest BCUT2D eigenvalue weighted by Gasteiger charge is -2.37. The van der Waals surface area contributed by atoms with Gasteiger partial charge in [0.25, 0.3) is 11.8 Å². The number of aliphatic imine (C=N–C) groups is 1. The number of carbonyl (C=O) groups excluding carboxylic acids is 2. The summed E-state index contributed by atoms with van der Waals surface area (Å²) < 4.78 is 5.34. The van der Waals surface area contributed by atoms with Crippen molar-refractivity contribution in [2.75, 3.05) is 26.8 Å². The monoisotopic (exact) mass is 453 g/mol. The first-order valence-corrected chi connectivity index (χ1v) is 11.2. The summed E-state index contributed by atoms with van der Waals surface area (Å²) in [4.78, 5) is 36.7. The molecule has 0 saturated carbocycles. The number of allylic oxidation sites excluding steroid dienone is 1. The number of likely N-dealkylation sites (N-methyl/N-ethyl adjacent to an activating group) is 1. The number of dihydropyridines is 1. The number of rotatable bonds is 9. The maximum atomic E-state index is 13.3. The molecule has 0 saturated heterocycles. The van der Waals surface area contributed by atoms with Crippen LogP contribution in [0.5, 0.6) is 0 Å². The number of pyridine rings is 1. The molecule has 0 fully saturated rings. The molecule has 0 radical (unpaired) electrons. The molecule has 2 unspecified atom stereocenters. The van der Waals surface area contributed by atoms with Crippen molar-refractivity contribution in [2.24, 2.45) is 10.9 Å². The Kier molecular flexibility index (Phi) is 7.73. The van der Waals surface area contributed by atoms with Gasteiger partial charge in [0.2, 0.25) is 0 Å². The molecule has 0 bridgehead atoms. The molecule has 176 valence electrons. The van der Waals surface area contributed by atoms with Crippen LogP contribution in [0.25, 0.3) is 10.9 Å². The number of aromatic nitrogens is 1. The van der Waals surface area contributed by atoms with E-state index in [1.54, 1.807) is 14.0 Å². The van der Waals surface area contributed by atoms with E-state index in [2.05, 4.69) is 4.99 Å². The maximum absolute atomic E-state index is 13.3. The Balaban J connectivity index is 2.21. The second kappa shape index (κ2) is 10.3. The third-order valence-corrected chi connectivity index (χ3v) is 6.12. The van der Waals surface area contributed by atoms with Gasteiger partial charge < -0.3 is 19.8 Å². The molecule has 1 aliphatic rings. The number of aliphatic hydroxyl groups is 2. The smallest absolute Gasteiger partial charge is 0.258 e. The van der Waals surface area contributed by atoms with E-state index in [0.29, 0.717) is 24.3 Å². The number of carbonyl (C=O) groups is 2. The number of nitrogens with zero attached hydrogens (tertiary/aromatic N) is 3. The summed E-state index contributed by atoms with van der Waals surface area (Å²) in [6, 6.07) is 9.48. The minimum Gasteiger partial charge on any atom is -0.395 e. The minimum absolute atomic E-state index is 0.0430. The van der Waals surface area contributed by atoms with Crippen molar-refractivity contribution < 1.29 is 24.5 Å². The lowest BCUT2D eigenvalue weighted by atomic mass is 9.78. The zero-order valence-electron chi connectivity index (χ0n) is 19.5. The van der Waals surface area contributed by atoms with Gasteiger partial charge in [0.15, 0.2) is 5.60 Å². The molecule has 8 heteroatoms. The van der Waals surface area contributed by atoms with Gasteiger partial charge in [-0.25, -0.2) is 9.98 Å². The summed E-state index contributed by atoms with van der Waals surface area (Å²) in [5.74, 6) is -2.23. The molecule has 2 aromatic rings. The van der Waals surface area contributed by atoms with Crippen molar-refractivity contribution >= 4 is 28.4 Å². The number of ether oxygens (including phenoxy) is 1. The van der Waals surface area contributed by atoms with Crippen LogP contribution in [0.3, 0.4) is 0 Å². The van der Waals surface area contributed by atoms with Crippen molar-refractivity contribution in [3.8, 4) is 0 Å². The van der Waals surface area contributed by atoms with Crippen molar-refractivity contribution in [1.29, 1.82) is 0 Å². The lowest BCUT2D eigenvalue weighted by Crippen LogP contribution is -2.53. The predicted octanol–water partition coefficient (Wildman–Crippen LogP) is 2.25. The number of para-hydroxylation sites is 1. The van der Waals surface area contributed by atoms with Gasteiger partial charge in [-0.2, -0.15) is 0 Å². The maximum Gasteiger partial charge on any atom is 0.258 e. The standard InChI is InChI=1S/C25H31N3O5/c1-5-25(32,24(31)28(6-2)7-3)19-13-21(27-23(30)18(19)14-29)22-17(15-33-4)12-16-10-8-9-11-20(16)26-22/h8-13,18,29,32H,5-7,14-15H2,1-4H3. The average Bonchev–Trinajstić information content (AvgIpc) is 2.83. The van der Waals surface area contributed by atoms with Gasteiger partial charge in [-0.15, -0.1) is 0 Å². The van der Waals surface area contributed by atoms with Gasteiger partial charge in [-0.05, 0) is 44.1 Å². The molecule has 2 atom stereocenters. The lowest BCUT2D eigenvalue weighted by molar-refractivity contribution is -0.148. The van der Waals surface area contributed by atoms with Crippen LogP contribution in [0.2, 0.25) is 0 Å². The first-order valence-electron chi connectivity index (χ1n) is 11.2. The van der Waals surface area contributed by atoms with E-state index in [0.717, 1.165) is 10.9 Å². The number of benzene rings is 1. The highest BCUT2D eigenvalue weighted by molar-refractivity contribution is 6.17. The number of hydrogen-bond acceptors (Lipinski definition) is 6. The normalized spacial score (nSPS) is 18.0. The van der Waals surface area contributed by atoms with Crippen LogP contribution >= 0.6 is 0 Å². The van der Waals surface area contributed by atoms with E-state index in [1.165, 1.54) is 11.0 Å². The van der Waals surface area contributed by atoms with E-state index in [4.69, 9.17) is 9.72 Å². The minimum atomic E-state index is -1.95. The average molecular weight is 454 g/mol. The van der Waals surface area contributed by atoms with Gasteiger partial charge in [-0.3, -0.25) is 9.59 Å². The largest absolute Gasteiger partial charge is 0.395 e. The highest BCUT2D eigenvalue weighted by Crippen LogP contribution is 2.34. The molecular formula is C25H31N3O5. The molecule has 2 N–H and O–H groups in total. The summed E-state index contributed by atoms with van der Waals surface area (Å²) in [5.41, 5.74) is 0.290. The molecule has 0 aliphatic carbocycles. The first kappa shape index (κ1) is 24.7. The quantitative estimate of drug-likeness (QED) is 0.602. The summed E-state index contributed by atoms with van der Waals surface area (Å²) in [6.45, 7) is 5.82. The molecule has 2 heterocycles. The second-order valence-corrected chi connectivity index (χ2v) is 7.98. The SMILES string of the molecule is CCN(CC)C(=O)C(O)(CC)C1=CC(c2nc3ccccc3cc2COC)=NC(=O)C1CO. The van der Waals surface area contributed by atoms with Gasteiger partial charge in [0, 0.05) is 31.1 Å². The number of amides is 2. The zero-order chi connectivity index (χ0) is 24.2. The number of methoxy groups -OCH3 is 1. The molecule has 0 spiro atoms. The van der Waals surface area contributed by atoms with E-state index < -0.39 is 29.9 Å². The van der Waals surface area contributed by atoms with Crippen LogP contribution in [-0.4, -0.2) is 70.0 Å². The Hall–Kier alpha value is -2.94. The van der Waals surface area contributed by atoms with Crippen LogP contribution in [0.15, 0.2) is 47.0 Å². The van der Waals surface area contributed by atoms with Crippen molar-refractivity contribution in [3.63, 3.8) is 0 Å². The van der Waals surface area contributed by atoms with Crippen LogP contribution < -0.4 is 0 Å². The fourth-order valence-electron chi connectivity index (χ4n) is 4.21. The fourth-order valence-corrected chi connectivity index (χ4v) is 4.21. The third kappa shape index (κ3) is 4.59. The molecule has 3 rings (SSSR count). The number of fused-ring (bicyclic) bond motifs is 1. The van der Waals surface area contributed by atoms with Crippen LogP contribution in [0.4, 0.5) is 0 Å². The number of hydrogen-bond donors (Lipinski definition) is 2. The molecule has 2 amide bonds. The van der Waals surface area contributed by atoms with Crippen molar-refractivity contribution in [1.82, 2.24) is 9.88 Å². The van der Waals surface area contributed by atoms with E-state index in [-0.39, 0.29) is 24.3 Å². The fraction of sp³-hybridized carbons (Fsp3) is 0.440. The number of aliphatic hydroxyl groups excluding tert-OH is 1. The predicted molar refractivity (Wildman–Crippen MR) is 126 cm³/mol. The van der Waals surface area contributed by atoms with Crippen molar-refractivity contribution in [3.05, 3.63) is 53.2 Å². The van der Waals surface area contributed by atoms with Gasteiger partial charge in [0.1, 0.15) is 0 Å². The Bertz CT molecular complexity index is 1110. The highest BCUT2D eigenvalue weighted by Gasteiger charge is 2.46. The Morgan fingerprint density at radius 3 is 2.52 bits per heavy atom. The zero-order valence-corrected chi connectivity index (χ0v) is 19.5. The topological polar surface area (TPSA) is 112 Å². The molecule has 33 heavy (non-hydrogen) atoms. The van der Waals surface area contributed by atoms with Crippen LogP contribution in [0.1, 0.15) is 38.4 Å². The molecule has 1 aliphatic heterocycles. The molecule has 8 nitrogen and oxygen atoms in total. The summed E-state index contributed by atoms with van der Waals surface area (Å²) in [6.07, 6.45) is 1.57. The Morgan fingerprint density at radius 2 is 1.91 bits per heavy atom. The van der Waals surface area contributed by atoms with Gasteiger partial charge in [0.05, 0.1) is 36.1 Å². The highest BCUT2D eigenvalue weighted by atomic mass is 16.5. The van der Waals surface area contributed by atoms with Crippen LogP contribution in [-0.2, 0) is 20.9 Å². The summed E-state index contributed by atoms with van der Waals surface area (Å²) in [5, 5.41) is 22.4. The van der Waals surface area contributed by atoms with E-state index in [9.17, 15) is 19.8 Å². The van der Waals surface area contributed by atoms with Gasteiger partial charge in [-0.1, -0.05) is 25.1 Å². The Labute approximate surface area is 193 Å². The summed E-state index contributed by atoms with van der Waals surface area (Å²) in [7, 11) is 1.56. The molecule has 1 aromatic heterocycles. The molecule has 1 aromatic carbocycles. The molecular weight excluding hydrogens is 422 g/mol. The van der Waals surface area contributed by atoms with E-state index >= 15 is 0 Å². The van der Waals surface area contributed by atoms with Gasteiger partial charge >= 0.3 is 0 Å². The Morgan fingerprint density at radius 1 is 1.21 bits per heavy atom. The third-order valence-electron chi connectivity index (χ3n) is 6.12. The van der Waals surface area contributed by atoms with Crippen molar-refractivity contribution in [2.45, 2.75) is 39.4 Å².